The van der Waals surface area contributed by atoms with Gasteiger partial charge >= 0.3 is 5.97 Å². The minimum Gasteiger partial charge on any atom is -0.424 e. The minimum atomic E-state index is -0.482. The molecular weight excluding hydrogens is 410 g/mol. The van der Waals surface area contributed by atoms with Gasteiger partial charge in [-0.25, -0.2) is 0 Å². The average molecular weight is 419 g/mol. The number of esters is 1. The molecule has 0 unspecified atom stereocenters. The van der Waals surface area contributed by atoms with Crippen LogP contribution < -0.4 is 10.1 Å². The van der Waals surface area contributed by atoms with E-state index in [0.717, 1.165) is 0 Å². The van der Waals surface area contributed by atoms with Gasteiger partial charge in [-0.05, 0) is 44.0 Å². The van der Waals surface area contributed by atoms with Gasteiger partial charge in [-0.15, -0.1) is 11.3 Å². The lowest BCUT2D eigenvalue weighted by Crippen LogP contribution is -2.13. The highest BCUT2D eigenvalue weighted by Gasteiger charge is 2.23. The Labute approximate surface area is 136 Å². The highest BCUT2D eigenvalue weighted by Crippen LogP contribution is 2.43. The molecule has 4 nitrogen and oxygen atoms in total. The van der Waals surface area contributed by atoms with Gasteiger partial charge in [-0.3, -0.25) is 9.59 Å². The number of nitrogens with one attached hydrogen (secondary N) is 1. The number of para-hydroxylation sites is 1. The lowest BCUT2D eigenvalue weighted by Gasteiger charge is -2.06. The predicted molar refractivity (Wildman–Crippen MR) is 85.4 cm³/mol. The van der Waals surface area contributed by atoms with Crippen LogP contribution in [0, 0.1) is 0 Å². The van der Waals surface area contributed by atoms with Gasteiger partial charge in [0.25, 0.3) is 5.91 Å². The zero-order valence-electron chi connectivity index (χ0n) is 10.3. The van der Waals surface area contributed by atoms with E-state index in [9.17, 15) is 9.59 Å². The minimum absolute atomic E-state index is 0.225. The summed E-state index contributed by atoms with van der Waals surface area (Å²) in [5.41, 5.74) is 0.673. The first-order chi connectivity index (χ1) is 9.49. The standard InChI is InChI=1S/C13H9Br2NO3S/c1-7(17)19-10-9(14)12(15)20-11(10)13(18)16-8-5-3-2-4-6-8/h2-6H,1H3,(H,16,18). The summed E-state index contributed by atoms with van der Waals surface area (Å²) in [6, 6.07) is 9.06. The van der Waals surface area contributed by atoms with Crippen LogP contribution in [0.15, 0.2) is 38.6 Å². The number of anilines is 1. The van der Waals surface area contributed by atoms with E-state index in [-0.39, 0.29) is 11.7 Å². The van der Waals surface area contributed by atoms with Gasteiger partial charge in [0.1, 0.15) is 4.88 Å². The molecule has 1 N–H and O–H groups in total. The zero-order chi connectivity index (χ0) is 14.7. The molecule has 0 saturated heterocycles. The third-order valence-corrected chi connectivity index (χ3v) is 5.64. The van der Waals surface area contributed by atoms with Crippen LogP contribution in [0.2, 0.25) is 0 Å². The maximum absolute atomic E-state index is 12.2. The molecular formula is C13H9Br2NO3S. The van der Waals surface area contributed by atoms with E-state index in [1.54, 1.807) is 12.1 Å². The van der Waals surface area contributed by atoms with Gasteiger partial charge < -0.3 is 10.1 Å². The summed E-state index contributed by atoms with van der Waals surface area (Å²) in [7, 11) is 0. The van der Waals surface area contributed by atoms with Crippen molar-refractivity contribution < 1.29 is 14.3 Å². The fourth-order valence-corrected chi connectivity index (χ4v) is 3.52. The Kier molecular flexibility index (Phi) is 4.95. The number of halogens is 2. The monoisotopic (exact) mass is 417 g/mol. The zero-order valence-corrected chi connectivity index (χ0v) is 14.3. The fraction of sp³-hybridized carbons (Fsp3) is 0.0769. The summed E-state index contributed by atoms with van der Waals surface area (Å²) in [5, 5.41) is 2.75. The van der Waals surface area contributed by atoms with Crippen LogP contribution in [0.5, 0.6) is 5.75 Å². The van der Waals surface area contributed by atoms with E-state index in [4.69, 9.17) is 4.74 Å². The van der Waals surface area contributed by atoms with Crippen LogP contribution in [-0.4, -0.2) is 11.9 Å². The quantitative estimate of drug-likeness (QED) is 0.749. The van der Waals surface area contributed by atoms with Crippen molar-refractivity contribution in [1.82, 2.24) is 0 Å². The predicted octanol–water partition coefficient (Wildman–Crippen LogP) is 4.45. The van der Waals surface area contributed by atoms with Crippen LogP contribution in [0.25, 0.3) is 0 Å². The lowest BCUT2D eigenvalue weighted by atomic mass is 10.3. The van der Waals surface area contributed by atoms with E-state index in [0.29, 0.717) is 18.8 Å². The van der Waals surface area contributed by atoms with Crippen molar-refractivity contribution in [3.63, 3.8) is 0 Å². The molecule has 0 aliphatic rings. The second kappa shape index (κ2) is 6.51. The molecule has 0 saturated carbocycles. The van der Waals surface area contributed by atoms with E-state index in [2.05, 4.69) is 37.2 Å². The number of carbonyl (C=O) groups is 2. The van der Waals surface area contributed by atoms with Crippen molar-refractivity contribution >= 4 is 60.8 Å². The molecule has 1 aromatic heterocycles. The summed E-state index contributed by atoms with van der Waals surface area (Å²) < 4.78 is 6.33. The number of ether oxygens (including phenoxy) is 1. The smallest absolute Gasteiger partial charge is 0.308 e. The molecule has 0 bridgehead atoms. The van der Waals surface area contributed by atoms with Gasteiger partial charge in [0, 0.05) is 12.6 Å². The SMILES string of the molecule is CC(=O)Oc1c(C(=O)Nc2ccccc2)sc(Br)c1Br. The number of rotatable bonds is 3. The number of carbonyl (C=O) groups excluding carboxylic acids is 2. The molecule has 2 aromatic rings. The summed E-state index contributed by atoms with van der Waals surface area (Å²) in [4.78, 5) is 23.7. The Morgan fingerprint density at radius 2 is 1.85 bits per heavy atom. The maximum atomic E-state index is 12.2. The first-order valence-electron chi connectivity index (χ1n) is 5.51. The summed E-state index contributed by atoms with van der Waals surface area (Å²) in [5.74, 6) is -0.587. The van der Waals surface area contributed by atoms with Crippen LogP contribution in [0.4, 0.5) is 5.69 Å². The van der Waals surface area contributed by atoms with Gasteiger partial charge in [0.05, 0.1) is 8.26 Å². The number of amides is 1. The number of hydrogen-bond acceptors (Lipinski definition) is 4. The second-order valence-corrected chi connectivity index (χ2v) is 6.89. The topological polar surface area (TPSA) is 55.4 Å². The van der Waals surface area contributed by atoms with E-state index >= 15 is 0 Å². The Hall–Kier alpha value is -1.18. The number of thiophene rings is 1. The average Bonchev–Trinajstić information content (AvgIpc) is 2.68. The molecule has 2 rings (SSSR count). The highest BCUT2D eigenvalue weighted by molar-refractivity contribution is 9.13. The molecule has 0 fully saturated rings. The number of hydrogen-bond donors (Lipinski definition) is 1. The molecule has 104 valence electrons. The third-order valence-electron chi connectivity index (χ3n) is 2.25. The molecule has 1 amide bonds. The Morgan fingerprint density at radius 1 is 1.20 bits per heavy atom. The molecule has 0 aliphatic carbocycles. The molecule has 7 heteroatoms. The Morgan fingerprint density at radius 3 is 2.45 bits per heavy atom. The van der Waals surface area contributed by atoms with Crippen LogP contribution in [0.1, 0.15) is 16.6 Å². The van der Waals surface area contributed by atoms with Gasteiger partial charge in [-0.1, -0.05) is 18.2 Å². The maximum Gasteiger partial charge on any atom is 0.308 e. The molecule has 0 radical (unpaired) electrons. The molecule has 1 aromatic carbocycles. The van der Waals surface area contributed by atoms with Crippen molar-refractivity contribution in [3.05, 3.63) is 43.5 Å². The number of benzene rings is 1. The van der Waals surface area contributed by atoms with Gasteiger partial charge in [0.2, 0.25) is 0 Å². The first kappa shape index (κ1) is 15.2. The Balaban J connectivity index is 2.30. The summed E-state index contributed by atoms with van der Waals surface area (Å²) in [6.45, 7) is 1.29. The Bertz CT molecular complexity index is 655. The van der Waals surface area contributed by atoms with Crippen LogP contribution >= 0.6 is 43.2 Å². The third kappa shape index (κ3) is 3.47. The molecule has 0 spiro atoms. The van der Waals surface area contributed by atoms with Gasteiger partial charge in [0.15, 0.2) is 5.75 Å². The summed E-state index contributed by atoms with van der Waals surface area (Å²) >= 11 is 7.79. The van der Waals surface area contributed by atoms with Crippen molar-refractivity contribution in [3.8, 4) is 5.75 Å². The van der Waals surface area contributed by atoms with Crippen molar-refractivity contribution in [2.75, 3.05) is 5.32 Å². The lowest BCUT2D eigenvalue weighted by molar-refractivity contribution is -0.131. The highest BCUT2D eigenvalue weighted by atomic mass is 79.9. The first-order valence-corrected chi connectivity index (χ1v) is 7.92. The summed E-state index contributed by atoms with van der Waals surface area (Å²) in [6.07, 6.45) is 0. The van der Waals surface area contributed by atoms with Crippen LogP contribution in [0.3, 0.4) is 0 Å². The largest absolute Gasteiger partial charge is 0.424 e. The van der Waals surface area contributed by atoms with E-state index in [1.807, 2.05) is 18.2 Å². The normalized spacial score (nSPS) is 10.2. The van der Waals surface area contributed by atoms with Crippen molar-refractivity contribution in [1.29, 1.82) is 0 Å². The molecule has 0 atom stereocenters. The van der Waals surface area contributed by atoms with Crippen LogP contribution in [-0.2, 0) is 4.79 Å². The fourth-order valence-electron chi connectivity index (χ4n) is 1.46. The van der Waals surface area contributed by atoms with E-state index < -0.39 is 5.97 Å². The van der Waals surface area contributed by atoms with Crippen molar-refractivity contribution in [2.45, 2.75) is 6.92 Å². The molecule has 20 heavy (non-hydrogen) atoms. The van der Waals surface area contributed by atoms with Crippen molar-refractivity contribution in [2.24, 2.45) is 0 Å². The molecule has 0 aliphatic heterocycles. The van der Waals surface area contributed by atoms with E-state index in [1.165, 1.54) is 18.3 Å². The molecule has 1 heterocycles. The van der Waals surface area contributed by atoms with Gasteiger partial charge in [-0.2, -0.15) is 0 Å². The second-order valence-electron chi connectivity index (χ2n) is 3.76.